The molecule has 0 N–H and O–H groups in total. The van der Waals surface area contributed by atoms with Crippen molar-refractivity contribution in [2.75, 3.05) is 0 Å². The number of ether oxygens (including phenoxy) is 1. The van der Waals surface area contributed by atoms with Crippen LogP contribution in [0.2, 0.25) is 19.6 Å². The van der Waals surface area contributed by atoms with E-state index in [1.54, 1.807) is 0 Å². The molecule has 0 amide bonds. The van der Waals surface area contributed by atoms with Crippen LogP contribution in [-0.2, 0) is 11.5 Å². The van der Waals surface area contributed by atoms with Crippen LogP contribution < -0.4 is 0 Å². The highest BCUT2D eigenvalue weighted by atomic mass is 28.3. The highest BCUT2D eigenvalue weighted by Gasteiger charge is 2.25. The van der Waals surface area contributed by atoms with Crippen LogP contribution in [0.15, 0.2) is 6.20 Å². The van der Waals surface area contributed by atoms with Gasteiger partial charge in [0.25, 0.3) is 0 Å². The fourth-order valence-electron chi connectivity index (χ4n) is 1.18. The number of carbonyl (C=O) groups is 1. The zero-order chi connectivity index (χ0) is 13.9. The molecule has 1 unspecified atom stereocenters. The van der Waals surface area contributed by atoms with E-state index in [2.05, 4.69) is 24.7 Å². The molecule has 0 radical (unpaired) electrons. The standard InChI is InChI=1S/C10H17N3O4Si/c1-8(18(2,3)4)17-7-12-10(6-14)9(5-11-12)13(15)16/h5-6,8H,7H2,1-4H3. The summed E-state index contributed by atoms with van der Waals surface area (Å²) < 4.78 is 6.82. The highest BCUT2D eigenvalue weighted by Crippen LogP contribution is 2.17. The van der Waals surface area contributed by atoms with Crippen molar-refractivity contribution < 1.29 is 14.5 Å². The minimum atomic E-state index is -1.44. The fraction of sp³-hybridized carbons (Fsp3) is 0.600. The minimum absolute atomic E-state index is 0.0490. The monoisotopic (exact) mass is 271 g/mol. The Kier molecular flexibility index (Phi) is 4.36. The van der Waals surface area contributed by atoms with Gasteiger partial charge in [-0.1, -0.05) is 19.6 Å². The Morgan fingerprint density at radius 1 is 1.61 bits per heavy atom. The van der Waals surface area contributed by atoms with Crippen molar-refractivity contribution in [3.63, 3.8) is 0 Å². The van der Waals surface area contributed by atoms with Gasteiger partial charge >= 0.3 is 5.69 Å². The van der Waals surface area contributed by atoms with Crippen LogP contribution in [0.5, 0.6) is 0 Å². The van der Waals surface area contributed by atoms with Crippen LogP contribution in [0, 0.1) is 10.1 Å². The largest absolute Gasteiger partial charge is 0.360 e. The molecule has 0 spiro atoms. The third-order valence-corrected chi connectivity index (χ3v) is 5.44. The number of carbonyl (C=O) groups excluding carboxylic acids is 1. The maximum Gasteiger partial charge on any atom is 0.317 e. The highest BCUT2D eigenvalue weighted by molar-refractivity contribution is 6.77. The Hall–Kier alpha value is -1.54. The second-order valence-electron chi connectivity index (χ2n) is 5.09. The number of rotatable bonds is 6. The quantitative estimate of drug-likeness (QED) is 0.341. The summed E-state index contributed by atoms with van der Waals surface area (Å²) in [5.41, 5.74) is -0.294. The van der Waals surface area contributed by atoms with Gasteiger partial charge in [-0.05, 0) is 6.92 Å². The van der Waals surface area contributed by atoms with E-state index in [0.29, 0.717) is 6.29 Å². The van der Waals surface area contributed by atoms with Crippen LogP contribution in [0.4, 0.5) is 5.69 Å². The number of aromatic nitrogens is 2. The number of hydrogen-bond donors (Lipinski definition) is 0. The molecule has 1 aromatic heterocycles. The average molecular weight is 271 g/mol. The average Bonchev–Trinajstić information content (AvgIpc) is 2.67. The SMILES string of the molecule is CC(OCn1ncc([N+](=O)[O-])c1C=O)[Si](C)(C)C. The van der Waals surface area contributed by atoms with Gasteiger partial charge in [0.15, 0.2) is 12.0 Å². The summed E-state index contributed by atoms with van der Waals surface area (Å²) in [5.74, 6) is 0. The minimum Gasteiger partial charge on any atom is -0.360 e. The van der Waals surface area contributed by atoms with E-state index >= 15 is 0 Å². The first kappa shape index (κ1) is 14.5. The molecule has 0 fully saturated rings. The molecule has 0 saturated carbocycles. The Labute approximate surface area is 106 Å². The predicted molar refractivity (Wildman–Crippen MR) is 68.2 cm³/mol. The molecule has 0 bridgehead atoms. The lowest BCUT2D eigenvalue weighted by Crippen LogP contribution is -2.38. The van der Waals surface area contributed by atoms with E-state index in [1.165, 1.54) is 4.68 Å². The zero-order valence-electron chi connectivity index (χ0n) is 10.9. The molecule has 0 aromatic carbocycles. The Morgan fingerprint density at radius 2 is 2.22 bits per heavy atom. The molecule has 1 rings (SSSR count). The molecule has 0 aliphatic heterocycles. The second-order valence-corrected chi connectivity index (χ2v) is 10.6. The predicted octanol–water partition coefficient (Wildman–Crippen LogP) is 1.84. The lowest BCUT2D eigenvalue weighted by Gasteiger charge is -2.25. The van der Waals surface area contributed by atoms with E-state index in [0.717, 1.165) is 6.20 Å². The number of hydrogen-bond acceptors (Lipinski definition) is 5. The molecule has 18 heavy (non-hydrogen) atoms. The second kappa shape index (κ2) is 5.40. The molecule has 0 aliphatic rings. The number of aldehydes is 1. The van der Waals surface area contributed by atoms with Crippen LogP contribution in [0.25, 0.3) is 0 Å². The number of nitrogens with zero attached hydrogens (tertiary/aromatic N) is 3. The normalized spacial score (nSPS) is 13.3. The van der Waals surface area contributed by atoms with Gasteiger partial charge in [-0.25, -0.2) is 4.68 Å². The summed E-state index contributed by atoms with van der Waals surface area (Å²) >= 11 is 0. The third kappa shape index (κ3) is 3.23. The molecule has 1 aromatic rings. The summed E-state index contributed by atoms with van der Waals surface area (Å²) in [6, 6.07) is 0. The van der Waals surface area contributed by atoms with Gasteiger partial charge in [0, 0.05) is 5.73 Å². The maximum absolute atomic E-state index is 10.8. The molecule has 8 heteroatoms. The first-order valence-corrected chi connectivity index (χ1v) is 9.12. The molecule has 0 aliphatic carbocycles. The van der Waals surface area contributed by atoms with Gasteiger partial charge in [-0.15, -0.1) is 0 Å². The summed E-state index contributed by atoms with van der Waals surface area (Å²) in [6.07, 6.45) is 1.49. The summed E-state index contributed by atoms with van der Waals surface area (Å²) in [4.78, 5) is 20.9. The van der Waals surface area contributed by atoms with E-state index in [4.69, 9.17) is 4.74 Å². The van der Waals surface area contributed by atoms with E-state index < -0.39 is 13.0 Å². The van der Waals surface area contributed by atoms with Gasteiger partial charge in [-0.3, -0.25) is 14.9 Å². The van der Waals surface area contributed by atoms with Crippen molar-refractivity contribution >= 4 is 20.0 Å². The van der Waals surface area contributed by atoms with Crippen LogP contribution in [0.3, 0.4) is 0 Å². The molecule has 1 atom stereocenters. The fourth-order valence-corrected chi connectivity index (χ4v) is 1.76. The lowest BCUT2D eigenvalue weighted by molar-refractivity contribution is -0.385. The first-order chi connectivity index (χ1) is 8.27. The Bertz CT molecular complexity index is 452. The molecular formula is C10H17N3O4Si. The topological polar surface area (TPSA) is 87.3 Å². The van der Waals surface area contributed by atoms with Gasteiger partial charge < -0.3 is 4.74 Å². The molecule has 0 saturated heterocycles. The Morgan fingerprint density at radius 3 is 2.67 bits per heavy atom. The number of nitro groups is 1. The van der Waals surface area contributed by atoms with E-state index in [9.17, 15) is 14.9 Å². The van der Waals surface area contributed by atoms with Crippen molar-refractivity contribution in [2.45, 2.75) is 39.0 Å². The van der Waals surface area contributed by atoms with Crippen LogP contribution >= 0.6 is 0 Å². The summed E-state index contributed by atoms with van der Waals surface area (Å²) in [5, 5.41) is 14.4. The van der Waals surface area contributed by atoms with E-state index in [-0.39, 0.29) is 23.8 Å². The van der Waals surface area contributed by atoms with Crippen molar-refractivity contribution in [3.05, 3.63) is 22.0 Å². The summed E-state index contributed by atoms with van der Waals surface area (Å²) in [6.45, 7) is 8.48. The summed E-state index contributed by atoms with van der Waals surface area (Å²) in [7, 11) is -1.44. The van der Waals surface area contributed by atoms with E-state index in [1.807, 2.05) is 6.92 Å². The van der Waals surface area contributed by atoms with Gasteiger partial charge in [0.1, 0.15) is 12.9 Å². The van der Waals surface area contributed by atoms with Crippen molar-refractivity contribution in [1.82, 2.24) is 9.78 Å². The van der Waals surface area contributed by atoms with Crippen molar-refractivity contribution in [2.24, 2.45) is 0 Å². The van der Waals surface area contributed by atoms with Gasteiger partial charge in [0.05, 0.1) is 13.0 Å². The van der Waals surface area contributed by atoms with Crippen LogP contribution in [-0.4, -0.2) is 34.8 Å². The van der Waals surface area contributed by atoms with Gasteiger partial charge in [-0.2, -0.15) is 5.10 Å². The van der Waals surface area contributed by atoms with Gasteiger partial charge in [0.2, 0.25) is 0 Å². The van der Waals surface area contributed by atoms with Crippen molar-refractivity contribution in [1.29, 1.82) is 0 Å². The zero-order valence-corrected chi connectivity index (χ0v) is 11.9. The molecular weight excluding hydrogens is 254 g/mol. The van der Waals surface area contributed by atoms with Crippen molar-refractivity contribution in [3.8, 4) is 0 Å². The molecule has 1 heterocycles. The van der Waals surface area contributed by atoms with Crippen LogP contribution in [0.1, 0.15) is 17.4 Å². The molecule has 100 valence electrons. The maximum atomic E-state index is 10.8. The molecule has 7 nitrogen and oxygen atoms in total. The Balaban J connectivity index is 2.80. The first-order valence-electron chi connectivity index (χ1n) is 5.54. The third-order valence-electron chi connectivity index (χ3n) is 2.83. The smallest absolute Gasteiger partial charge is 0.317 e. The lowest BCUT2D eigenvalue weighted by atomic mass is 10.4.